The van der Waals surface area contributed by atoms with Crippen LogP contribution in [0.2, 0.25) is 0 Å². The number of hydrogen-bond donors (Lipinski definition) is 2. The van der Waals surface area contributed by atoms with Crippen molar-refractivity contribution >= 4 is 17.3 Å². The summed E-state index contributed by atoms with van der Waals surface area (Å²) in [4.78, 5) is 8.77. The zero-order chi connectivity index (χ0) is 15.4. The fourth-order valence-electron chi connectivity index (χ4n) is 1.78. The van der Waals surface area contributed by atoms with Gasteiger partial charge >= 0.3 is 0 Å². The van der Waals surface area contributed by atoms with Crippen LogP contribution in [0.1, 0.15) is 25.6 Å². The molecule has 5 nitrogen and oxygen atoms in total. The smallest absolute Gasteiger partial charge is 0.146 e. The Morgan fingerprint density at radius 1 is 1.14 bits per heavy atom. The van der Waals surface area contributed by atoms with Gasteiger partial charge in [0, 0.05) is 25.1 Å². The molecule has 2 aromatic rings. The van der Waals surface area contributed by atoms with Crippen molar-refractivity contribution in [3.8, 4) is 5.75 Å². The van der Waals surface area contributed by atoms with Crippen molar-refractivity contribution in [3.05, 3.63) is 35.9 Å². The Morgan fingerprint density at radius 3 is 2.48 bits per heavy atom. The Balaban J connectivity index is 2.36. The average Bonchev–Trinajstić information content (AvgIpc) is 2.49. The topological polar surface area (TPSA) is 59.1 Å². The maximum Gasteiger partial charge on any atom is 0.146 e. The first-order valence-corrected chi connectivity index (χ1v) is 6.70. The van der Waals surface area contributed by atoms with Crippen molar-refractivity contribution in [1.82, 2.24) is 9.97 Å². The molecule has 1 aromatic carbocycles. The molecule has 0 bridgehead atoms. The van der Waals surface area contributed by atoms with Crippen LogP contribution >= 0.6 is 0 Å². The number of nitrogens with zero attached hydrogens (tertiary/aromatic N) is 2. The number of aromatic nitrogens is 2. The van der Waals surface area contributed by atoms with E-state index in [-0.39, 0.29) is 11.7 Å². The number of ether oxygens (including phenoxy) is 1. The standard InChI is InChI=1S/C15H19FN4O/c1-9(2)15-19-13(17-3)8-14(20-15)18-12-7-10(21-4)5-6-11(12)16/h5-9H,1-4H3,(H2,17,18,19,20). The predicted molar refractivity (Wildman–Crippen MR) is 81.9 cm³/mol. The van der Waals surface area contributed by atoms with Crippen LogP contribution in [-0.2, 0) is 0 Å². The predicted octanol–water partition coefficient (Wildman–Crippen LogP) is 3.53. The highest BCUT2D eigenvalue weighted by atomic mass is 19.1. The Kier molecular flexibility index (Phi) is 4.57. The first kappa shape index (κ1) is 15.0. The van der Waals surface area contributed by atoms with Crippen LogP contribution in [0, 0.1) is 5.82 Å². The van der Waals surface area contributed by atoms with E-state index in [1.54, 1.807) is 25.2 Å². The molecule has 0 fully saturated rings. The van der Waals surface area contributed by atoms with E-state index in [0.29, 0.717) is 28.9 Å². The molecule has 21 heavy (non-hydrogen) atoms. The van der Waals surface area contributed by atoms with Gasteiger partial charge in [-0.25, -0.2) is 14.4 Å². The molecule has 1 aromatic heterocycles. The largest absolute Gasteiger partial charge is 0.497 e. The second kappa shape index (κ2) is 6.39. The van der Waals surface area contributed by atoms with Crippen molar-refractivity contribution in [2.75, 3.05) is 24.8 Å². The third-order valence-corrected chi connectivity index (χ3v) is 2.95. The summed E-state index contributed by atoms with van der Waals surface area (Å²) in [5, 5.41) is 5.95. The highest BCUT2D eigenvalue weighted by Crippen LogP contribution is 2.25. The van der Waals surface area contributed by atoms with Crippen molar-refractivity contribution in [1.29, 1.82) is 0 Å². The van der Waals surface area contributed by atoms with Gasteiger partial charge in [-0.05, 0) is 12.1 Å². The van der Waals surface area contributed by atoms with E-state index >= 15 is 0 Å². The van der Waals surface area contributed by atoms with Crippen molar-refractivity contribution in [2.45, 2.75) is 19.8 Å². The molecular formula is C15H19FN4O. The molecule has 0 amide bonds. The Morgan fingerprint density at radius 2 is 1.86 bits per heavy atom. The average molecular weight is 290 g/mol. The Labute approximate surface area is 123 Å². The third-order valence-electron chi connectivity index (χ3n) is 2.95. The monoisotopic (exact) mass is 290 g/mol. The number of nitrogens with one attached hydrogen (secondary N) is 2. The fourth-order valence-corrected chi connectivity index (χ4v) is 1.78. The van der Waals surface area contributed by atoms with Crippen molar-refractivity contribution in [3.63, 3.8) is 0 Å². The van der Waals surface area contributed by atoms with Gasteiger partial charge in [-0.2, -0.15) is 0 Å². The molecular weight excluding hydrogens is 271 g/mol. The molecule has 1 heterocycles. The van der Waals surface area contributed by atoms with Crippen LogP contribution in [0.15, 0.2) is 24.3 Å². The van der Waals surface area contributed by atoms with Gasteiger partial charge in [0.1, 0.15) is 29.0 Å². The number of anilines is 3. The van der Waals surface area contributed by atoms with Gasteiger partial charge in [-0.3, -0.25) is 0 Å². The van der Waals surface area contributed by atoms with Gasteiger partial charge in [-0.15, -0.1) is 0 Å². The van der Waals surface area contributed by atoms with Gasteiger partial charge in [-0.1, -0.05) is 13.8 Å². The number of halogens is 1. The molecule has 0 aliphatic carbocycles. The molecule has 2 N–H and O–H groups in total. The summed E-state index contributed by atoms with van der Waals surface area (Å²) in [7, 11) is 3.32. The number of benzene rings is 1. The van der Waals surface area contributed by atoms with E-state index in [1.165, 1.54) is 13.2 Å². The van der Waals surface area contributed by atoms with Crippen molar-refractivity contribution in [2.24, 2.45) is 0 Å². The maximum atomic E-state index is 13.9. The molecule has 112 valence electrons. The molecule has 0 atom stereocenters. The highest BCUT2D eigenvalue weighted by Gasteiger charge is 2.10. The molecule has 0 saturated carbocycles. The van der Waals surface area contributed by atoms with Crippen LogP contribution in [-0.4, -0.2) is 24.1 Å². The summed E-state index contributed by atoms with van der Waals surface area (Å²) in [6.45, 7) is 4.01. The van der Waals surface area contributed by atoms with E-state index in [4.69, 9.17) is 4.74 Å². The number of methoxy groups -OCH3 is 1. The normalized spacial score (nSPS) is 10.6. The highest BCUT2D eigenvalue weighted by molar-refractivity contribution is 5.61. The summed E-state index contributed by atoms with van der Waals surface area (Å²) in [5.74, 6) is 2.28. The summed E-state index contributed by atoms with van der Waals surface area (Å²) in [5.41, 5.74) is 0.310. The van der Waals surface area contributed by atoms with Crippen LogP contribution in [0.25, 0.3) is 0 Å². The summed E-state index contributed by atoms with van der Waals surface area (Å²) >= 11 is 0. The van der Waals surface area contributed by atoms with Gasteiger partial charge in [0.2, 0.25) is 0 Å². The maximum absolute atomic E-state index is 13.9. The molecule has 0 aliphatic heterocycles. The van der Waals surface area contributed by atoms with Gasteiger partial charge in [0.25, 0.3) is 0 Å². The number of rotatable bonds is 5. The molecule has 6 heteroatoms. The molecule has 0 unspecified atom stereocenters. The molecule has 0 radical (unpaired) electrons. The Bertz CT molecular complexity index is 631. The minimum Gasteiger partial charge on any atom is -0.497 e. The first-order valence-electron chi connectivity index (χ1n) is 6.70. The summed E-state index contributed by atoms with van der Waals surface area (Å²) < 4.78 is 19.0. The van der Waals surface area contributed by atoms with E-state index in [1.807, 2.05) is 13.8 Å². The quantitative estimate of drug-likeness (QED) is 0.882. The lowest BCUT2D eigenvalue weighted by Crippen LogP contribution is -2.05. The van der Waals surface area contributed by atoms with E-state index in [9.17, 15) is 4.39 Å². The molecule has 2 rings (SSSR count). The summed E-state index contributed by atoms with van der Waals surface area (Å²) in [6, 6.07) is 6.24. The molecule has 0 spiro atoms. The lowest BCUT2D eigenvalue weighted by Gasteiger charge is -2.12. The lowest BCUT2D eigenvalue weighted by molar-refractivity contribution is 0.414. The minimum atomic E-state index is -0.369. The fraction of sp³-hybridized carbons (Fsp3) is 0.333. The van der Waals surface area contributed by atoms with Crippen LogP contribution in [0.4, 0.5) is 21.7 Å². The lowest BCUT2D eigenvalue weighted by atomic mass is 10.2. The van der Waals surface area contributed by atoms with Crippen LogP contribution in [0.3, 0.4) is 0 Å². The van der Waals surface area contributed by atoms with E-state index in [0.717, 1.165) is 0 Å². The Hall–Kier alpha value is -2.37. The van der Waals surface area contributed by atoms with Gasteiger partial charge in [0.05, 0.1) is 12.8 Å². The third kappa shape index (κ3) is 3.59. The van der Waals surface area contributed by atoms with Gasteiger partial charge < -0.3 is 15.4 Å². The minimum absolute atomic E-state index is 0.175. The van der Waals surface area contributed by atoms with Crippen molar-refractivity contribution < 1.29 is 9.13 Å². The zero-order valence-corrected chi connectivity index (χ0v) is 12.6. The molecule has 0 aliphatic rings. The zero-order valence-electron chi connectivity index (χ0n) is 12.6. The second-order valence-electron chi connectivity index (χ2n) is 4.87. The van der Waals surface area contributed by atoms with E-state index < -0.39 is 0 Å². The molecule has 0 saturated heterocycles. The SMILES string of the molecule is CNc1cc(Nc2cc(OC)ccc2F)nc(C(C)C)n1. The van der Waals surface area contributed by atoms with Gasteiger partial charge in [0.15, 0.2) is 0 Å². The first-order chi connectivity index (χ1) is 10.0. The van der Waals surface area contributed by atoms with Crippen LogP contribution < -0.4 is 15.4 Å². The summed E-state index contributed by atoms with van der Waals surface area (Å²) in [6.07, 6.45) is 0. The van der Waals surface area contributed by atoms with Crippen LogP contribution in [0.5, 0.6) is 5.75 Å². The number of hydrogen-bond acceptors (Lipinski definition) is 5. The van der Waals surface area contributed by atoms with E-state index in [2.05, 4.69) is 20.6 Å². The second-order valence-corrected chi connectivity index (χ2v) is 4.87.